The molecule has 0 atom stereocenters. The summed E-state index contributed by atoms with van der Waals surface area (Å²) in [5.41, 5.74) is 3.14. The molecule has 198 valence electrons. The molecule has 3 rings (SSSR count). The second kappa shape index (κ2) is 13.5. The molecule has 1 aromatic carbocycles. The Morgan fingerprint density at radius 3 is 2.68 bits per heavy atom. The molecular weight excluding hydrogens is 482 g/mol. The molecule has 2 aromatic rings. The van der Waals surface area contributed by atoms with Gasteiger partial charge in [-0.15, -0.1) is 0 Å². The number of carbonyl (C=O) groups is 3. The van der Waals surface area contributed by atoms with Crippen molar-refractivity contribution >= 4 is 17.9 Å². The van der Waals surface area contributed by atoms with Crippen LogP contribution in [-0.4, -0.2) is 57.1 Å². The lowest BCUT2D eigenvalue weighted by Crippen LogP contribution is -2.16. The molecular formula is C27H31NO9. The Morgan fingerprint density at radius 1 is 1.16 bits per heavy atom. The molecule has 10 nitrogen and oxygen atoms in total. The number of nitrogens with zero attached hydrogens (tertiary/aromatic N) is 1. The van der Waals surface area contributed by atoms with Crippen molar-refractivity contribution in [2.24, 2.45) is 0 Å². The summed E-state index contributed by atoms with van der Waals surface area (Å²) >= 11 is 0. The molecule has 0 unspecified atom stereocenters. The van der Waals surface area contributed by atoms with Crippen molar-refractivity contribution in [3.8, 4) is 11.5 Å². The zero-order chi connectivity index (χ0) is 26.8. The van der Waals surface area contributed by atoms with Gasteiger partial charge in [-0.25, -0.2) is 9.59 Å². The third-order valence-electron chi connectivity index (χ3n) is 5.84. The number of hydrogen-bond donors (Lipinski definition) is 0. The SMILES string of the molecule is COCCOCOc1c(C/C=C(\C)CCC(=O)OC)c(OC(=O)c2cccnc2)c(C)c2c1C(=O)OC2. The van der Waals surface area contributed by atoms with Gasteiger partial charge in [0.2, 0.25) is 0 Å². The number of hydrogen-bond acceptors (Lipinski definition) is 10. The normalized spacial score (nSPS) is 12.6. The molecule has 1 aromatic heterocycles. The third kappa shape index (κ3) is 7.14. The lowest BCUT2D eigenvalue weighted by atomic mass is 9.94. The summed E-state index contributed by atoms with van der Waals surface area (Å²) < 4.78 is 32.3. The van der Waals surface area contributed by atoms with E-state index in [1.807, 2.05) is 13.0 Å². The first-order valence-electron chi connectivity index (χ1n) is 11.8. The molecule has 0 aliphatic carbocycles. The van der Waals surface area contributed by atoms with Crippen LogP contribution < -0.4 is 9.47 Å². The summed E-state index contributed by atoms with van der Waals surface area (Å²) in [4.78, 5) is 41.2. The maximum atomic E-state index is 13.0. The second-order valence-corrected chi connectivity index (χ2v) is 8.32. The molecule has 2 heterocycles. The summed E-state index contributed by atoms with van der Waals surface area (Å²) in [5, 5.41) is 0. The summed E-state index contributed by atoms with van der Waals surface area (Å²) in [6, 6.07) is 3.24. The van der Waals surface area contributed by atoms with Gasteiger partial charge in [-0.1, -0.05) is 11.6 Å². The first kappa shape index (κ1) is 27.8. The van der Waals surface area contributed by atoms with Crippen molar-refractivity contribution in [1.82, 2.24) is 4.98 Å². The van der Waals surface area contributed by atoms with E-state index in [0.717, 1.165) is 5.57 Å². The highest BCUT2D eigenvalue weighted by Gasteiger charge is 2.34. The number of rotatable bonds is 13. The van der Waals surface area contributed by atoms with Crippen LogP contribution >= 0.6 is 0 Å². The number of cyclic esters (lactones) is 1. The van der Waals surface area contributed by atoms with E-state index in [1.165, 1.54) is 13.3 Å². The van der Waals surface area contributed by atoms with Crippen LogP contribution in [-0.2, 0) is 36.8 Å². The summed E-state index contributed by atoms with van der Waals surface area (Å²) in [5.74, 6) is -0.937. The molecule has 1 aliphatic rings. The lowest BCUT2D eigenvalue weighted by molar-refractivity contribution is -0.140. The van der Waals surface area contributed by atoms with Crippen molar-refractivity contribution in [3.05, 3.63) is 64.0 Å². The zero-order valence-electron chi connectivity index (χ0n) is 21.5. The number of ether oxygens (including phenoxy) is 6. The molecule has 10 heteroatoms. The van der Waals surface area contributed by atoms with E-state index in [2.05, 4.69) is 4.98 Å². The Labute approximate surface area is 215 Å². The van der Waals surface area contributed by atoms with Crippen molar-refractivity contribution in [3.63, 3.8) is 0 Å². The number of fused-ring (bicyclic) bond motifs is 1. The van der Waals surface area contributed by atoms with Crippen LogP contribution in [0, 0.1) is 6.92 Å². The topological polar surface area (TPSA) is 119 Å². The van der Waals surface area contributed by atoms with Crippen molar-refractivity contribution in [2.45, 2.75) is 39.7 Å². The molecule has 0 saturated heterocycles. The molecule has 0 spiro atoms. The van der Waals surface area contributed by atoms with Crippen LogP contribution in [0.4, 0.5) is 0 Å². The quantitative estimate of drug-likeness (QED) is 0.129. The Kier molecular flexibility index (Phi) is 10.2. The zero-order valence-corrected chi connectivity index (χ0v) is 21.5. The van der Waals surface area contributed by atoms with E-state index < -0.39 is 11.9 Å². The van der Waals surface area contributed by atoms with Gasteiger partial charge in [-0.3, -0.25) is 9.78 Å². The second-order valence-electron chi connectivity index (χ2n) is 8.32. The van der Waals surface area contributed by atoms with Gasteiger partial charge in [-0.05, 0) is 44.4 Å². The van der Waals surface area contributed by atoms with Crippen LogP contribution in [0.1, 0.15) is 57.2 Å². The van der Waals surface area contributed by atoms with E-state index in [1.54, 1.807) is 32.4 Å². The van der Waals surface area contributed by atoms with Crippen LogP contribution in [0.15, 0.2) is 36.2 Å². The molecule has 0 N–H and O–H groups in total. The number of esters is 3. The molecule has 37 heavy (non-hydrogen) atoms. The van der Waals surface area contributed by atoms with Gasteiger partial charge < -0.3 is 28.4 Å². The van der Waals surface area contributed by atoms with Gasteiger partial charge in [0.05, 0.1) is 25.9 Å². The fourth-order valence-electron chi connectivity index (χ4n) is 3.75. The average molecular weight is 514 g/mol. The first-order valence-corrected chi connectivity index (χ1v) is 11.8. The highest BCUT2D eigenvalue weighted by Crippen LogP contribution is 2.43. The van der Waals surface area contributed by atoms with Gasteiger partial charge in [0.25, 0.3) is 0 Å². The molecule has 1 aliphatic heterocycles. The predicted molar refractivity (Wildman–Crippen MR) is 132 cm³/mol. The van der Waals surface area contributed by atoms with Gasteiger partial charge in [0.1, 0.15) is 23.7 Å². The van der Waals surface area contributed by atoms with Crippen LogP contribution in [0.3, 0.4) is 0 Å². The maximum absolute atomic E-state index is 13.0. The minimum Gasteiger partial charge on any atom is -0.469 e. The largest absolute Gasteiger partial charge is 0.469 e. The van der Waals surface area contributed by atoms with E-state index >= 15 is 0 Å². The molecule has 0 fully saturated rings. The van der Waals surface area contributed by atoms with Crippen LogP contribution in [0.2, 0.25) is 0 Å². The number of carbonyl (C=O) groups excluding carboxylic acids is 3. The Hall–Kier alpha value is -3.76. The first-order chi connectivity index (χ1) is 17.9. The maximum Gasteiger partial charge on any atom is 0.345 e. The highest BCUT2D eigenvalue weighted by molar-refractivity contribution is 5.99. The van der Waals surface area contributed by atoms with Gasteiger partial charge in [0.15, 0.2) is 6.79 Å². The summed E-state index contributed by atoms with van der Waals surface area (Å²) in [6.45, 7) is 4.20. The van der Waals surface area contributed by atoms with E-state index in [4.69, 9.17) is 28.4 Å². The van der Waals surface area contributed by atoms with Gasteiger partial charge in [-0.2, -0.15) is 0 Å². The smallest absolute Gasteiger partial charge is 0.345 e. The highest BCUT2D eigenvalue weighted by atomic mass is 16.7. The van der Waals surface area contributed by atoms with E-state index in [9.17, 15) is 14.4 Å². The lowest BCUT2D eigenvalue weighted by Gasteiger charge is -2.20. The standard InChI is InChI=1S/C27H31NO9/c1-17(8-10-22(29)33-4)7-9-20-24(37-26(30)19-6-5-11-28-14-19)18(2)21-15-35-27(31)23(21)25(20)36-16-34-13-12-32-3/h5-7,11,14H,8-10,12-13,15-16H2,1-4H3/b17-7+. The van der Waals surface area contributed by atoms with Crippen molar-refractivity contribution in [2.75, 3.05) is 34.2 Å². The Balaban J connectivity index is 2.02. The monoisotopic (exact) mass is 513 g/mol. The molecule has 0 amide bonds. The minimum atomic E-state index is -0.601. The fourth-order valence-corrected chi connectivity index (χ4v) is 3.75. The minimum absolute atomic E-state index is 0.0343. The molecule has 0 radical (unpaired) electrons. The Morgan fingerprint density at radius 2 is 1.97 bits per heavy atom. The molecule has 0 saturated carbocycles. The van der Waals surface area contributed by atoms with E-state index in [0.29, 0.717) is 36.3 Å². The average Bonchev–Trinajstić information content (AvgIpc) is 3.30. The number of benzene rings is 1. The Bertz CT molecular complexity index is 1160. The number of methoxy groups -OCH3 is 2. The number of pyridine rings is 1. The van der Waals surface area contributed by atoms with Crippen molar-refractivity contribution in [1.29, 1.82) is 0 Å². The number of aromatic nitrogens is 1. The van der Waals surface area contributed by atoms with Gasteiger partial charge in [0, 0.05) is 37.1 Å². The molecule has 0 bridgehead atoms. The number of allylic oxidation sites excluding steroid dienone is 2. The predicted octanol–water partition coefficient (Wildman–Crippen LogP) is 3.72. The summed E-state index contributed by atoms with van der Waals surface area (Å²) in [7, 11) is 2.90. The fraction of sp³-hybridized carbons (Fsp3) is 0.407. The third-order valence-corrected chi connectivity index (χ3v) is 5.84. The van der Waals surface area contributed by atoms with Crippen LogP contribution in [0.5, 0.6) is 11.5 Å². The van der Waals surface area contributed by atoms with E-state index in [-0.39, 0.29) is 54.8 Å². The van der Waals surface area contributed by atoms with Crippen LogP contribution in [0.25, 0.3) is 0 Å². The van der Waals surface area contributed by atoms with Crippen molar-refractivity contribution < 1.29 is 42.8 Å². The summed E-state index contributed by atoms with van der Waals surface area (Å²) in [6.07, 6.45) is 5.84. The van der Waals surface area contributed by atoms with Gasteiger partial charge >= 0.3 is 17.9 Å².